The van der Waals surface area contributed by atoms with Gasteiger partial charge in [-0.3, -0.25) is 9.78 Å². The summed E-state index contributed by atoms with van der Waals surface area (Å²) < 4.78 is 16.7. The topological polar surface area (TPSA) is 77.7 Å². The third-order valence-electron chi connectivity index (χ3n) is 6.07. The highest BCUT2D eigenvalue weighted by molar-refractivity contribution is 5.95. The Morgan fingerprint density at radius 2 is 1.94 bits per heavy atom. The number of hydrogen-bond acceptors (Lipinski definition) is 6. The van der Waals surface area contributed by atoms with Gasteiger partial charge >= 0.3 is 0 Å². The molecule has 1 amide bonds. The summed E-state index contributed by atoms with van der Waals surface area (Å²) in [4.78, 5) is 19.7. The summed E-state index contributed by atoms with van der Waals surface area (Å²) in [7, 11) is 1.58. The van der Waals surface area contributed by atoms with Crippen LogP contribution in [0.25, 0.3) is 0 Å². The van der Waals surface area contributed by atoms with Gasteiger partial charge in [-0.25, -0.2) is 0 Å². The van der Waals surface area contributed by atoms with E-state index in [0.717, 1.165) is 54.8 Å². The molecule has 1 saturated heterocycles. The van der Waals surface area contributed by atoms with E-state index in [2.05, 4.69) is 10.1 Å². The van der Waals surface area contributed by atoms with Crippen molar-refractivity contribution in [1.29, 1.82) is 0 Å². The number of aromatic nitrogens is 2. The Morgan fingerprint density at radius 1 is 1.12 bits per heavy atom. The predicted octanol–water partition coefficient (Wildman–Crippen LogP) is 5.03. The van der Waals surface area contributed by atoms with Gasteiger partial charge in [-0.05, 0) is 62.6 Å². The van der Waals surface area contributed by atoms with Crippen LogP contribution in [0.3, 0.4) is 0 Å². The predicted molar refractivity (Wildman–Crippen MR) is 120 cm³/mol. The zero-order valence-corrected chi connectivity index (χ0v) is 18.8. The summed E-state index contributed by atoms with van der Waals surface area (Å²) in [5.74, 6) is 1.84. The first-order valence-corrected chi connectivity index (χ1v) is 11.0. The number of pyridine rings is 1. The Balaban J connectivity index is 1.56. The third-order valence-corrected chi connectivity index (χ3v) is 6.07. The zero-order chi connectivity index (χ0) is 22.5. The van der Waals surface area contributed by atoms with Crippen molar-refractivity contribution < 1.29 is 18.8 Å². The maximum absolute atomic E-state index is 13.5. The van der Waals surface area contributed by atoms with E-state index in [9.17, 15) is 4.79 Å². The molecule has 3 heterocycles. The molecule has 0 N–H and O–H groups in total. The maximum atomic E-state index is 13.5. The molecular weight excluding hydrogens is 406 g/mol. The Hall–Kier alpha value is -3.35. The van der Waals surface area contributed by atoms with Crippen molar-refractivity contribution in [2.24, 2.45) is 0 Å². The molecule has 0 radical (unpaired) electrons. The molecule has 0 spiro atoms. The Labute approximate surface area is 188 Å². The van der Waals surface area contributed by atoms with Crippen molar-refractivity contribution in [3.8, 4) is 11.5 Å². The van der Waals surface area contributed by atoms with Crippen LogP contribution in [-0.2, 0) is 6.61 Å². The number of carbonyl (C=O) groups is 1. The molecule has 2 aromatic heterocycles. The van der Waals surface area contributed by atoms with E-state index >= 15 is 0 Å². The minimum atomic E-state index is 0.00397. The zero-order valence-electron chi connectivity index (χ0n) is 18.8. The van der Waals surface area contributed by atoms with E-state index < -0.39 is 0 Å². The van der Waals surface area contributed by atoms with Gasteiger partial charge in [0, 0.05) is 24.5 Å². The second-order valence-corrected chi connectivity index (χ2v) is 8.10. The van der Waals surface area contributed by atoms with Crippen LogP contribution in [0.4, 0.5) is 0 Å². The van der Waals surface area contributed by atoms with E-state index in [1.165, 1.54) is 0 Å². The molecule has 0 bridgehead atoms. The minimum absolute atomic E-state index is 0.00397. The first kappa shape index (κ1) is 21.9. The number of ether oxygens (including phenoxy) is 2. The van der Waals surface area contributed by atoms with Gasteiger partial charge in [-0.15, -0.1) is 0 Å². The van der Waals surface area contributed by atoms with Gasteiger partial charge in [-0.2, -0.15) is 0 Å². The van der Waals surface area contributed by atoms with E-state index in [-0.39, 0.29) is 11.9 Å². The van der Waals surface area contributed by atoms with Gasteiger partial charge in [0.2, 0.25) is 0 Å². The van der Waals surface area contributed by atoms with Crippen LogP contribution in [0.2, 0.25) is 0 Å². The van der Waals surface area contributed by atoms with Crippen LogP contribution in [0.5, 0.6) is 11.5 Å². The fourth-order valence-electron chi connectivity index (χ4n) is 4.23. The van der Waals surface area contributed by atoms with E-state index in [4.69, 9.17) is 14.0 Å². The van der Waals surface area contributed by atoms with Crippen LogP contribution in [-0.4, -0.2) is 34.6 Å². The summed E-state index contributed by atoms with van der Waals surface area (Å²) in [6.45, 7) is 4.80. The number of benzene rings is 1. The summed E-state index contributed by atoms with van der Waals surface area (Å²) >= 11 is 0. The average Bonchev–Trinajstić information content (AvgIpc) is 3.01. The van der Waals surface area contributed by atoms with E-state index in [0.29, 0.717) is 23.7 Å². The first-order chi connectivity index (χ1) is 15.6. The number of aryl methyl sites for hydroxylation is 2. The lowest BCUT2D eigenvalue weighted by Crippen LogP contribution is -2.34. The summed E-state index contributed by atoms with van der Waals surface area (Å²) in [6, 6.07) is 9.42. The number of likely N-dealkylation sites (tertiary alicyclic amines) is 1. The van der Waals surface area contributed by atoms with Gasteiger partial charge in [-0.1, -0.05) is 18.0 Å². The first-order valence-electron chi connectivity index (χ1n) is 11.0. The maximum Gasteiger partial charge on any atom is 0.254 e. The number of hydrogen-bond donors (Lipinski definition) is 0. The largest absolute Gasteiger partial charge is 0.493 e. The molecule has 1 fully saturated rings. The SMILES string of the molecule is COc1cc(C(=O)N2CCCCCC2c2ccncc2)ccc1OCc1c(C)noc1C. The number of amides is 1. The van der Waals surface area contributed by atoms with Crippen LogP contribution in [0.1, 0.15) is 64.7 Å². The fourth-order valence-corrected chi connectivity index (χ4v) is 4.23. The molecule has 1 aromatic carbocycles. The molecule has 168 valence electrons. The Bertz CT molecular complexity index is 1040. The van der Waals surface area contributed by atoms with Gasteiger partial charge in [0.15, 0.2) is 11.5 Å². The molecule has 1 aliphatic heterocycles. The van der Waals surface area contributed by atoms with Gasteiger partial charge in [0.1, 0.15) is 12.4 Å². The van der Waals surface area contributed by atoms with Crippen molar-refractivity contribution >= 4 is 5.91 Å². The molecule has 3 aromatic rings. The van der Waals surface area contributed by atoms with Gasteiger partial charge < -0.3 is 18.9 Å². The standard InChI is InChI=1S/C25H29N3O4/c1-17-21(18(2)32-27-17)16-31-23-9-8-20(15-24(23)30-3)25(29)28-14-6-4-5-7-22(28)19-10-12-26-13-11-19/h8-13,15,22H,4-7,14,16H2,1-3H3. The Morgan fingerprint density at radius 3 is 2.66 bits per heavy atom. The number of carbonyl (C=O) groups excluding carboxylic acids is 1. The summed E-state index contributed by atoms with van der Waals surface area (Å²) in [5.41, 5.74) is 3.43. The highest BCUT2D eigenvalue weighted by atomic mass is 16.5. The minimum Gasteiger partial charge on any atom is -0.493 e. The van der Waals surface area contributed by atoms with Crippen molar-refractivity contribution in [3.05, 3.63) is 70.9 Å². The number of methoxy groups -OCH3 is 1. The second kappa shape index (κ2) is 9.85. The lowest BCUT2D eigenvalue weighted by Gasteiger charge is -2.30. The quantitative estimate of drug-likeness (QED) is 0.540. The molecule has 1 unspecified atom stereocenters. The van der Waals surface area contributed by atoms with Crippen molar-refractivity contribution in [2.45, 2.75) is 52.2 Å². The smallest absolute Gasteiger partial charge is 0.254 e. The van der Waals surface area contributed by atoms with Crippen molar-refractivity contribution in [3.63, 3.8) is 0 Å². The van der Waals surface area contributed by atoms with Crippen LogP contribution in [0, 0.1) is 13.8 Å². The second-order valence-electron chi connectivity index (χ2n) is 8.10. The lowest BCUT2D eigenvalue weighted by molar-refractivity contribution is 0.0680. The lowest BCUT2D eigenvalue weighted by atomic mass is 10.0. The molecule has 1 atom stereocenters. The van der Waals surface area contributed by atoms with Crippen LogP contribution in [0.15, 0.2) is 47.2 Å². The summed E-state index contributed by atoms with van der Waals surface area (Å²) in [6.07, 6.45) is 7.76. The van der Waals surface area contributed by atoms with Gasteiger partial charge in [0.25, 0.3) is 5.91 Å². The summed E-state index contributed by atoms with van der Waals surface area (Å²) in [5, 5.41) is 3.96. The molecule has 7 heteroatoms. The molecule has 7 nitrogen and oxygen atoms in total. The molecule has 4 rings (SSSR count). The molecule has 0 aliphatic carbocycles. The monoisotopic (exact) mass is 435 g/mol. The molecule has 1 aliphatic rings. The van der Waals surface area contributed by atoms with Crippen LogP contribution >= 0.6 is 0 Å². The molecule has 0 saturated carbocycles. The average molecular weight is 436 g/mol. The van der Waals surface area contributed by atoms with Crippen molar-refractivity contribution in [1.82, 2.24) is 15.0 Å². The Kier molecular flexibility index (Phi) is 6.73. The highest BCUT2D eigenvalue weighted by Crippen LogP contribution is 2.34. The van der Waals surface area contributed by atoms with Crippen molar-refractivity contribution in [2.75, 3.05) is 13.7 Å². The third kappa shape index (κ3) is 4.61. The number of nitrogens with zero attached hydrogens (tertiary/aromatic N) is 3. The molecular formula is C25H29N3O4. The van der Waals surface area contributed by atoms with E-state index in [1.54, 1.807) is 31.6 Å². The van der Waals surface area contributed by atoms with Crippen LogP contribution < -0.4 is 9.47 Å². The highest BCUT2D eigenvalue weighted by Gasteiger charge is 2.28. The van der Waals surface area contributed by atoms with E-state index in [1.807, 2.05) is 36.9 Å². The fraction of sp³-hybridized carbons (Fsp3) is 0.400. The van der Waals surface area contributed by atoms with Gasteiger partial charge in [0.05, 0.1) is 24.4 Å². The number of rotatable bonds is 6. The molecule has 32 heavy (non-hydrogen) atoms. The normalized spacial score (nSPS) is 16.5.